The van der Waals surface area contributed by atoms with Crippen LogP contribution in [0.4, 0.5) is 14.6 Å². The largest absolute Gasteiger partial charge is 0.355 e. The van der Waals surface area contributed by atoms with Crippen LogP contribution in [0, 0.1) is 18.6 Å². The number of nitrogens with zero attached hydrogens (tertiary/aromatic N) is 2. The molecule has 0 aliphatic heterocycles. The molecule has 0 amide bonds. The minimum absolute atomic E-state index is 0.480. The molecule has 2 rings (SSSR count). The highest BCUT2D eigenvalue weighted by Gasteiger charge is 2.06. The van der Waals surface area contributed by atoms with Gasteiger partial charge in [0, 0.05) is 19.3 Å². The standard InChI is InChI=1S/C14H14F2N2/c1-10-4-3-5-14(17-10)18(2)9-11-6-7-12(15)13(16)8-11/h3-8H,9H2,1-2H3. The molecular formula is C14H14F2N2. The molecule has 94 valence electrons. The zero-order valence-electron chi connectivity index (χ0n) is 10.3. The maximum atomic E-state index is 13.1. The molecule has 0 saturated heterocycles. The SMILES string of the molecule is Cc1cccc(N(C)Cc2ccc(F)c(F)c2)n1. The van der Waals surface area contributed by atoms with E-state index in [-0.39, 0.29) is 0 Å². The van der Waals surface area contributed by atoms with E-state index in [1.165, 1.54) is 6.07 Å². The second kappa shape index (κ2) is 5.12. The minimum Gasteiger partial charge on any atom is -0.355 e. The number of rotatable bonds is 3. The molecule has 0 saturated carbocycles. The van der Waals surface area contributed by atoms with E-state index in [1.807, 2.05) is 37.1 Å². The molecule has 1 aromatic carbocycles. The summed E-state index contributed by atoms with van der Waals surface area (Å²) in [6, 6.07) is 9.63. The first-order chi connectivity index (χ1) is 8.56. The van der Waals surface area contributed by atoms with Crippen LogP contribution >= 0.6 is 0 Å². The molecule has 0 spiro atoms. The lowest BCUT2D eigenvalue weighted by atomic mass is 10.2. The van der Waals surface area contributed by atoms with Crippen LogP contribution in [-0.2, 0) is 6.54 Å². The summed E-state index contributed by atoms with van der Waals surface area (Å²) >= 11 is 0. The first-order valence-electron chi connectivity index (χ1n) is 5.65. The Morgan fingerprint density at radius 2 is 1.89 bits per heavy atom. The molecule has 2 nitrogen and oxygen atoms in total. The van der Waals surface area contributed by atoms with Gasteiger partial charge in [0.1, 0.15) is 5.82 Å². The molecule has 0 N–H and O–H groups in total. The van der Waals surface area contributed by atoms with Gasteiger partial charge in [-0.15, -0.1) is 0 Å². The molecule has 1 aromatic heterocycles. The zero-order valence-corrected chi connectivity index (χ0v) is 10.3. The Bertz CT molecular complexity index is 555. The van der Waals surface area contributed by atoms with Crippen LogP contribution in [0.1, 0.15) is 11.3 Å². The third-order valence-corrected chi connectivity index (χ3v) is 2.67. The first kappa shape index (κ1) is 12.5. The fourth-order valence-electron chi connectivity index (χ4n) is 1.73. The minimum atomic E-state index is -0.824. The lowest BCUT2D eigenvalue weighted by Gasteiger charge is -2.18. The monoisotopic (exact) mass is 248 g/mol. The molecule has 0 unspecified atom stereocenters. The molecule has 0 bridgehead atoms. The van der Waals surface area contributed by atoms with Crippen LogP contribution < -0.4 is 4.90 Å². The predicted octanol–water partition coefficient (Wildman–Crippen LogP) is 3.30. The van der Waals surface area contributed by atoms with Crippen LogP contribution in [0.25, 0.3) is 0 Å². The van der Waals surface area contributed by atoms with Gasteiger partial charge in [-0.3, -0.25) is 0 Å². The van der Waals surface area contributed by atoms with Gasteiger partial charge in [-0.25, -0.2) is 13.8 Å². The molecule has 18 heavy (non-hydrogen) atoms. The molecule has 0 atom stereocenters. The molecule has 0 aliphatic rings. The average Bonchev–Trinajstić information content (AvgIpc) is 2.34. The summed E-state index contributed by atoms with van der Waals surface area (Å²) in [6.07, 6.45) is 0. The fourth-order valence-corrected chi connectivity index (χ4v) is 1.73. The van der Waals surface area contributed by atoms with Crippen LogP contribution in [0.5, 0.6) is 0 Å². The van der Waals surface area contributed by atoms with E-state index in [0.29, 0.717) is 12.1 Å². The van der Waals surface area contributed by atoms with Crippen molar-refractivity contribution in [1.82, 2.24) is 4.98 Å². The third-order valence-electron chi connectivity index (χ3n) is 2.67. The molecule has 0 fully saturated rings. The van der Waals surface area contributed by atoms with Crippen LogP contribution in [0.15, 0.2) is 36.4 Å². The van der Waals surface area contributed by atoms with E-state index in [4.69, 9.17) is 0 Å². The van der Waals surface area contributed by atoms with E-state index in [1.54, 1.807) is 6.07 Å². The van der Waals surface area contributed by atoms with E-state index in [9.17, 15) is 8.78 Å². The topological polar surface area (TPSA) is 16.1 Å². The second-order valence-electron chi connectivity index (χ2n) is 4.24. The number of aryl methyl sites for hydroxylation is 1. The molecular weight excluding hydrogens is 234 g/mol. The van der Waals surface area contributed by atoms with Crippen molar-refractivity contribution < 1.29 is 8.78 Å². The number of hydrogen-bond acceptors (Lipinski definition) is 2. The number of pyridine rings is 1. The van der Waals surface area contributed by atoms with Gasteiger partial charge in [-0.2, -0.15) is 0 Å². The van der Waals surface area contributed by atoms with Gasteiger partial charge in [0.15, 0.2) is 11.6 Å². The van der Waals surface area contributed by atoms with E-state index in [2.05, 4.69) is 4.98 Å². The maximum Gasteiger partial charge on any atom is 0.159 e. The normalized spacial score (nSPS) is 10.4. The highest BCUT2D eigenvalue weighted by Crippen LogP contribution is 2.15. The quantitative estimate of drug-likeness (QED) is 0.828. The molecule has 4 heteroatoms. The van der Waals surface area contributed by atoms with Crippen LogP contribution in [0.3, 0.4) is 0 Å². The summed E-state index contributed by atoms with van der Waals surface area (Å²) in [5.41, 5.74) is 1.63. The Balaban J connectivity index is 2.16. The van der Waals surface area contributed by atoms with Crippen LogP contribution in [-0.4, -0.2) is 12.0 Å². The highest BCUT2D eigenvalue weighted by molar-refractivity contribution is 5.39. The van der Waals surface area contributed by atoms with Gasteiger partial charge in [0.05, 0.1) is 0 Å². The Kier molecular flexibility index (Phi) is 3.55. The van der Waals surface area contributed by atoms with Crippen molar-refractivity contribution in [3.63, 3.8) is 0 Å². The van der Waals surface area contributed by atoms with E-state index >= 15 is 0 Å². The average molecular weight is 248 g/mol. The summed E-state index contributed by atoms with van der Waals surface area (Å²) in [4.78, 5) is 6.26. The van der Waals surface area contributed by atoms with E-state index in [0.717, 1.165) is 17.6 Å². The number of hydrogen-bond donors (Lipinski definition) is 0. The summed E-state index contributed by atoms with van der Waals surface area (Å²) in [7, 11) is 1.86. The molecule has 1 heterocycles. The Morgan fingerprint density at radius 1 is 1.11 bits per heavy atom. The smallest absolute Gasteiger partial charge is 0.159 e. The van der Waals surface area contributed by atoms with Gasteiger partial charge in [0.25, 0.3) is 0 Å². The van der Waals surface area contributed by atoms with Gasteiger partial charge in [0.2, 0.25) is 0 Å². The Morgan fingerprint density at radius 3 is 2.56 bits per heavy atom. The van der Waals surface area contributed by atoms with Crippen molar-refractivity contribution in [2.24, 2.45) is 0 Å². The summed E-state index contributed by atoms with van der Waals surface area (Å²) in [6.45, 7) is 2.39. The van der Waals surface area contributed by atoms with Crippen LogP contribution in [0.2, 0.25) is 0 Å². The predicted molar refractivity (Wildman–Crippen MR) is 67.4 cm³/mol. The van der Waals surface area contributed by atoms with Crippen molar-refractivity contribution in [3.05, 3.63) is 59.3 Å². The second-order valence-corrected chi connectivity index (χ2v) is 4.24. The Hall–Kier alpha value is -1.97. The zero-order chi connectivity index (χ0) is 13.1. The number of anilines is 1. The molecule has 2 aromatic rings. The van der Waals surface area contributed by atoms with Crippen molar-refractivity contribution in [2.75, 3.05) is 11.9 Å². The summed E-state index contributed by atoms with van der Waals surface area (Å²) < 4.78 is 25.9. The van der Waals surface area contributed by atoms with E-state index < -0.39 is 11.6 Å². The van der Waals surface area contributed by atoms with Crippen molar-refractivity contribution >= 4 is 5.82 Å². The van der Waals surface area contributed by atoms with Crippen molar-refractivity contribution in [1.29, 1.82) is 0 Å². The van der Waals surface area contributed by atoms with Crippen molar-refractivity contribution in [2.45, 2.75) is 13.5 Å². The summed E-state index contributed by atoms with van der Waals surface area (Å²) in [5.74, 6) is -0.840. The Labute approximate surface area is 105 Å². The highest BCUT2D eigenvalue weighted by atomic mass is 19.2. The summed E-state index contributed by atoms with van der Waals surface area (Å²) in [5, 5.41) is 0. The molecule has 0 radical (unpaired) electrons. The van der Waals surface area contributed by atoms with Crippen molar-refractivity contribution in [3.8, 4) is 0 Å². The molecule has 0 aliphatic carbocycles. The van der Waals surface area contributed by atoms with Gasteiger partial charge in [-0.1, -0.05) is 12.1 Å². The lowest BCUT2D eigenvalue weighted by Crippen LogP contribution is -2.18. The number of aromatic nitrogens is 1. The number of benzene rings is 1. The first-order valence-corrected chi connectivity index (χ1v) is 5.65. The van der Waals surface area contributed by atoms with Gasteiger partial charge < -0.3 is 4.90 Å². The van der Waals surface area contributed by atoms with Gasteiger partial charge in [-0.05, 0) is 36.8 Å². The fraction of sp³-hybridized carbons (Fsp3) is 0.214. The lowest BCUT2D eigenvalue weighted by molar-refractivity contribution is 0.507. The van der Waals surface area contributed by atoms with Gasteiger partial charge >= 0.3 is 0 Å². The third kappa shape index (κ3) is 2.83. The maximum absolute atomic E-state index is 13.1. The number of halogens is 2.